The van der Waals surface area contributed by atoms with E-state index in [9.17, 15) is 9.59 Å². The second kappa shape index (κ2) is 6.24. The molecule has 1 aromatic heterocycles. The lowest BCUT2D eigenvalue weighted by atomic mass is 9.99. The molecule has 1 aliphatic heterocycles. The lowest BCUT2D eigenvalue weighted by Crippen LogP contribution is -2.25. The molecule has 0 saturated carbocycles. The number of carbonyl (C=O) groups excluding carboxylic acids is 2. The van der Waals surface area contributed by atoms with Crippen LogP contribution in [0.4, 0.5) is 0 Å². The van der Waals surface area contributed by atoms with Crippen LogP contribution in [0.25, 0.3) is 0 Å². The zero-order valence-corrected chi connectivity index (χ0v) is 11.2. The van der Waals surface area contributed by atoms with Crippen LogP contribution in [0.3, 0.4) is 0 Å². The van der Waals surface area contributed by atoms with Crippen molar-refractivity contribution in [3.63, 3.8) is 0 Å². The Balaban J connectivity index is 1.73. The van der Waals surface area contributed by atoms with E-state index in [0.717, 1.165) is 10.6 Å². The molecule has 19 heavy (non-hydrogen) atoms. The van der Waals surface area contributed by atoms with E-state index >= 15 is 0 Å². The first-order valence-electron chi connectivity index (χ1n) is 5.86. The van der Waals surface area contributed by atoms with E-state index in [0.29, 0.717) is 6.42 Å². The van der Waals surface area contributed by atoms with E-state index in [-0.39, 0.29) is 24.2 Å². The third-order valence-corrected chi connectivity index (χ3v) is 3.55. The summed E-state index contributed by atoms with van der Waals surface area (Å²) >= 11 is 1.54. The average Bonchev–Trinajstić information content (AvgIpc) is 2.99. The fraction of sp³-hybridized carbons (Fsp3) is 0.333. The maximum absolute atomic E-state index is 11.5. The Morgan fingerprint density at radius 2 is 2.53 bits per heavy atom. The second-order valence-corrected chi connectivity index (χ2v) is 5.11. The van der Waals surface area contributed by atoms with Crippen LogP contribution in [0.1, 0.15) is 24.6 Å². The van der Waals surface area contributed by atoms with Crippen LogP contribution >= 0.6 is 11.3 Å². The molecule has 1 atom stereocenters. The topological polar surface area (TPSA) is 82.9 Å². The van der Waals surface area contributed by atoms with E-state index in [1.54, 1.807) is 13.1 Å². The molecule has 0 saturated heterocycles. The minimum atomic E-state index is -0.299. The Kier molecular flexibility index (Phi) is 4.40. The van der Waals surface area contributed by atoms with Gasteiger partial charge in [0.25, 0.3) is 0 Å². The fourth-order valence-corrected chi connectivity index (χ4v) is 2.28. The molecule has 2 heterocycles. The van der Waals surface area contributed by atoms with Crippen LogP contribution in [-0.2, 0) is 9.59 Å². The quantitative estimate of drug-likeness (QED) is 0.624. The molecule has 1 unspecified atom stereocenters. The van der Waals surface area contributed by atoms with Gasteiger partial charge < -0.3 is 0 Å². The molecular formula is C12H14N4O2S. The van der Waals surface area contributed by atoms with E-state index in [2.05, 4.69) is 21.1 Å². The molecule has 2 rings (SSSR count). The molecule has 7 heteroatoms. The molecule has 0 bridgehead atoms. The van der Waals surface area contributed by atoms with E-state index in [1.807, 2.05) is 17.5 Å². The van der Waals surface area contributed by atoms with Crippen LogP contribution in [0.5, 0.6) is 0 Å². The molecule has 2 N–H and O–H groups in total. The predicted octanol–water partition coefficient (Wildman–Crippen LogP) is 1.10. The molecule has 0 radical (unpaired) electrons. The lowest BCUT2D eigenvalue weighted by molar-refractivity contribution is -0.123. The van der Waals surface area contributed by atoms with Crippen LogP contribution < -0.4 is 10.9 Å². The number of hydrogen-bond acceptors (Lipinski definition) is 5. The maximum atomic E-state index is 11.5. The van der Waals surface area contributed by atoms with Gasteiger partial charge >= 0.3 is 0 Å². The molecule has 0 fully saturated rings. The summed E-state index contributed by atoms with van der Waals surface area (Å²) in [6.45, 7) is 1.77. The van der Waals surface area contributed by atoms with Crippen molar-refractivity contribution >= 4 is 35.1 Å². The second-order valence-electron chi connectivity index (χ2n) is 4.13. The summed E-state index contributed by atoms with van der Waals surface area (Å²) in [5.74, 6) is -0.653. The summed E-state index contributed by atoms with van der Waals surface area (Å²) in [4.78, 5) is 23.9. The number of hydrogen-bond donors (Lipinski definition) is 2. The molecule has 100 valence electrons. The van der Waals surface area contributed by atoms with Crippen molar-refractivity contribution in [3.8, 4) is 0 Å². The molecule has 1 aromatic rings. The van der Waals surface area contributed by atoms with Gasteiger partial charge in [-0.15, -0.1) is 11.3 Å². The first kappa shape index (κ1) is 13.4. The standard InChI is InChI=1S/C12H14N4O2S/c1-8-10(12(18)16-14-8)4-5-11(17)15-13-7-9-3-2-6-19-9/h2-3,6-7,10H,4-5H2,1H3,(H,15,17)(H,16,18)/b13-7+. The first-order chi connectivity index (χ1) is 9.16. The Hall–Kier alpha value is -2.02. The van der Waals surface area contributed by atoms with Crippen molar-refractivity contribution in [2.75, 3.05) is 0 Å². The number of hydrazone groups is 2. The first-order valence-corrected chi connectivity index (χ1v) is 6.74. The fourth-order valence-electron chi connectivity index (χ4n) is 1.69. The van der Waals surface area contributed by atoms with E-state index < -0.39 is 0 Å². The molecular weight excluding hydrogens is 264 g/mol. The van der Waals surface area contributed by atoms with Gasteiger partial charge in [0.2, 0.25) is 11.8 Å². The van der Waals surface area contributed by atoms with Crippen LogP contribution in [-0.4, -0.2) is 23.7 Å². The number of thiophene rings is 1. The summed E-state index contributed by atoms with van der Waals surface area (Å²) in [6.07, 6.45) is 2.28. The number of carbonyl (C=O) groups is 2. The Morgan fingerprint density at radius 3 is 3.16 bits per heavy atom. The maximum Gasteiger partial charge on any atom is 0.248 e. The van der Waals surface area contributed by atoms with Gasteiger partial charge in [-0.2, -0.15) is 10.2 Å². The van der Waals surface area contributed by atoms with Gasteiger partial charge in [0.1, 0.15) is 0 Å². The monoisotopic (exact) mass is 278 g/mol. The Morgan fingerprint density at radius 1 is 1.68 bits per heavy atom. The van der Waals surface area contributed by atoms with Crippen molar-refractivity contribution in [1.29, 1.82) is 0 Å². The van der Waals surface area contributed by atoms with E-state index in [4.69, 9.17) is 0 Å². The summed E-state index contributed by atoms with van der Waals surface area (Å²) in [6, 6.07) is 3.82. The van der Waals surface area contributed by atoms with Crippen LogP contribution in [0, 0.1) is 5.92 Å². The smallest absolute Gasteiger partial charge is 0.248 e. The summed E-state index contributed by atoms with van der Waals surface area (Å²) in [5.41, 5.74) is 5.56. The van der Waals surface area contributed by atoms with Crippen molar-refractivity contribution in [3.05, 3.63) is 22.4 Å². The molecule has 0 aliphatic carbocycles. The largest absolute Gasteiger partial charge is 0.273 e. The highest BCUT2D eigenvalue weighted by atomic mass is 32.1. The van der Waals surface area contributed by atoms with E-state index in [1.165, 1.54) is 11.3 Å². The Bertz CT molecular complexity index is 522. The normalized spacial score (nSPS) is 18.5. The van der Waals surface area contributed by atoms with Gasteiger partial charge in [0.05, 0.1) is 12.1 Å². The molecule has 2 amide bonds. The van der Waals surface area contributed by atoms with Crippen molar-refractivity contribution in [2.45, 2.75) is 19.8 Å². The van der Waals surface area contributed by atoms with Gasteiger partial charge in [0.15, 0.2) is 0 Å². The Labute approximate surface area is 114 Å². The summed E-state index contributed by atoms with van der Waals surface area (Å²) in [7, 11) is 0. The third-order valence-electron chi connectivity index (χ3n) is 2.75. The minimum absolute atomic E-state index is 0.146. The predicted molar refractivity (Wildman–Crippen MR) is 74.0 cm³/mol. The highest BCUT2D eigenvalue weighted by Gasteiger charge is 2.26. The van der Waals surface area contributed by atoms with Gasteiger partial charge in [0, 0.05) is 17.0 Å². The molecule has 6 nitrogen and oxygen atoms in total. The molecule has 0 spiro atoms. The lowest BCUT2D eigenvalue weighted by Gasteiger charge is -2.05. The van der Waals surface area contributed by atoms with Crippen LogP contribution in [0.15, 0.2) is 27.7 Å². The summed E-state index contributed by atoms with van der Waals surface area (Å²) < 4.78 is 0. The van der Waals surface area contributed by atoms with Gasteiger partial charge in [-0.25, -0.2) is 10.9 Å². The third kappa shape index (κ3) is 3.72. The number of amides is 2. The van der Waals surface area contributed by atoms with Crippen molar-refractivity contribution < 1.29 is 9.59 Å². The highest BCUT2D eigenvalue weighted by molar-refractivity contribution is 7.11. The highest BCUT2D eigenvalue weighted by Crippen LogP contribution is 2.13. The molecule has 0 aromatic carbocycles. The number of rotatable bonds is 5. The van der Waals surface area contributed by atoms with Gasteiger partial charge in [-0.3, -0.25) is 9.59 Å². The van der Waals surface area contributed by atoms with Crippen molar-refractivity contribution in [1.82, 2.24) is 10.9 Å². The SMILES string of the molecule is CC1=NNC(=O)C1CCC(=O)N/N=C/c1cccs1. The van der Waals surface area contributed by atoms with Crippen molar-refractivity contribution in [2.24, 2.45) is 16.1 Å². The van der Waals surface area contributed by atoms with Gasteiger partial charge in [-0.1, -0.05) is 6.07 Å². The number of nitrogens with zero attached hydrogens (tertiary/aromatic N) is 2. The average molecular weight is 278 g/mol. The van der Waals surface area contributed by atoms with Crippen LogP contribution in [0.2, 0.25) is 0 Å². The number of nitrogens with one attached hydrogen (secondary N) is 2. The van der Waals surface area contributed by atoms with Gasteiger partial charge in [-0.05, 0) is 24.8 Å². The summed E-state index contributed by atoms with van der Waals surface area (Å²) in [5, 5.41) is 9.62. The minimum Gasteiger partial charge on any atom is -0.273 e. The zero-order valence-electron chi connectivity index (χ0n) is 10.4. The zero-order chi connectivity index (χ0) is 13.7. The molecule has 1 aliphatic rings.